The van der Waals surface area contributed by atoms with Crippen LogP contribution in [0.4, 0.5) is 4.39 Å². The van der Waals surface area contributed by atoms with Gasteiger partial charge in [0, 0.05) is 28.7 Å². The second kappa shape index (κ2) is 12.5. The molecule has 2 rings (SSSR count). The first-order valence-electron chi connectivity index (χ1n) is 10.3. The van der Waals surface area contributed by atoms with E-state index in [0.717, 1.165) is 12.8 Å². The summed E-state index contributed by atoms with van der Waals surface area (Å²) in [6.07, 6.45) is 2.15. The van der Waals surface area contributed by atoms with E-state index in [-0.39, 0.29) is 18.2 Å². The van der Waals surface area contributed by atoms with Gasteiger partial charge < -0.3 is 15.0 Å². The molecule has 0 aliphatic rings. The predicted molar refractivity (Wildman–Crippen MR) is 121 cm³/mol. The van der Waals surface area contributed by atoms with Crippen molar-refractivity contribution in [3.8, 4) is 5.75 Å². The first kappa shape index (κ1) is 25.0. The molecule has 2 amide bonds. The molecule has 0 fully saturated rings. The Morgan fingerprint density at radius 1 is 1.10 bits per heavy atom. The molecule has 168 valence electrons. The molecular weight excluding hydrogens is 442 g/mol. The molecule has 1 atom stereocenters. The fraction of sp³-hybridized carbons (Fsp3) is 0.391. The van der Waals surface area contributed by atoms with Crippen LogP contribution in [-0.4, -0.2) is 35.9 Å². The van der Waals surface area contributed by atoms with Gasteiger partial charge in [-0.15, -0.1) is 0 Å². The number of ether oxygens (including phenoxy) is 1. The molecule has 5 nitrogen and oxygen atoms in total. The van der Waals surface area contributed by atoms with Gasteiger partial charge in [-0.3, -0.25) is 9.59 Å². The van der Waals surface area contributed by atoms with Gasteiger partial charge in [-0.25, -0.2) is 4.39 Å². The number of halogens is 3. The second-order valence-corrected chi connectivity index (χ2v) is 7.82. The van der Waals surface area contributed by atoms with E-state index in [2.05, 4.69) is 5.32 Å². The van der Waals surface area contributed by atoms with Crippen LogP contribution in [0.1, 0.15) is 38.7 Å². The minimum absolute atomic E-state index is 0.0255. The van der Waals surface area contributed by atoms with Gasteiger partial charge in [0.2, 0.25) is 5.91 Å². The van der Waals surface area contributed by atoms with Gasteiger partial charge in [-0.05, 0) is 37.1 Å². The number of hydrogen-bond donors (Lipinski definition) is 1. The molecule has 1 N–H and O–H groups in total. The fourth-order valence-corrected chi connectivity index (χ4v) is 3.58. The highest BCUT2D eigenvalue weighted by Gasteiger charge is 2.30. The summed E-state index contributed by atoms with van der Waals surface area (Å²) in [5.41, 5.74) is 0.532. The third-order valence-electron chi connectivity index (χ3n) is 4.79. The molecule has 0 heterocycles. The maximum atomic E-state index is 13.9. The summed E-state index contributed by atoms with van der Waals surface area (Å²) in [4.78, 5) is 27.3. The van der Waals surface area contributed by atoms with Crippen molar-refractivity contribution in [3.05, 3.63) is 63.9 Å². The lowest BCUT2D eigenvalue weighted by Gasteiger charge is -2.31. The number of hydrogen-bond acceptors (Lipinski definition) is 3. The van der Waals surface area contributed by atoms with Crippen LogP contribution in [0.25, 0.3) is 0 Å². The number of rotatable bonds is 11. The highest BCUT2D eigenvalue weighted by molar-refractivity contribution is 6.36. The number of amides is 2. The van der Waals surface area contributed by atoms with Crippen LogP contribution in [-0.2, 0) is 16.1 Å². The van der Waals surface area contributed by atoms with Crippen molar-refractivity contribution in [2.24, 2.45) is 0 Å². The van der Waals surface area contributed by atoms with Crippen molar-refractivity contribution < 1.29 is 18.7 Å². The Hall–Kier alpha value is -2.31. The molecule has 0 bridgehead atoms. The van der Waals surface area contributed by atoms with Crippen LogP contribution in [0.5, 0.6) is 5.75 Å². The number of benzene rings is 2. The number of unbranched alkanes of at least 4 members (excludes halogenated alkanes) is 1. The van der Waals surface area contributed by atoms with E-state index in [1.165, 1.54) is 23.1 Å². The first-order valence-corrected chi connectivity index (χ1v) is 11.0. The van der Waals surface area contributed by atoms with Crippen LogP contribution >= 0.6 is 23.2 Å². The average Bonchev–Trinajstić information content (AvgIpc) is 2.75. The summed E-state index contributed by atoms with van der Waals surface area (Å²) in [7, 11) is 0. The van der Waals surface area contributed by atoms with Crippen molar-refractivity contribution in [2.75, 3.05) is 13.2 Å². The summed E-state index contributed by atoms with van der Waals surface area (Å²) in [5.74, 6) is -1.34. The van der Waals surface area contributed by atoms with E-state index in [4.69, 9.17) is 27.9 Å². The van der Waals surface area contributed by atoms with Crippen molar-refractivity contribution in [1.82, 2.24) is 10.2 Å². The Morgan fingerprint density at radius 3 is 2.39 bits per heavy atom. The fourth-order valence-electron chi connectivity index (χ4n) is 3.06. The van der Waals surface area contributed by atoms with Gasteiger partial charge in [0.25, 0.3) is 5.91 Å². The molecule has 0 aliphatic heterocycles. The lowest BCUT2D eigenvalue weighted by Crippen LogP contribution is -2.50. The molecule has 0 aromatic heterocycles. The van der Waals surface area contributed by atoms with Gasteiger partial charge in [0.05, 0.1) is 0 Å². The van der Waals surface area contributed by atoms with Crippen LogP contribution in [0, 0.1) is 5.82 Å². The van der Waals surface area contributed by atoms with Crippen LogP contribution in [0.2, 0.25) is 10.0 Å². The van der Waals surface area contributed by atoms with E-state index in [0.29, 0.717) is 28.6 Å². The maximum absolute atomic E-state index is 13.9. The van der Waals surface area contributed by atoms with Gasteiger partial charge >= 0.3 is 0 Å². The van der Waals surface area contributed by atoms with Crippen LogP contribution in [0.3, 0.4) is 0 Å². The van der Waals surface area contributed by atoms with Crippen molar-refractivity contribution >= 4 is 35.0 Å². The van der Waals surface area contributed by atoms with Crippen molar-refractivity contribution in [3.63, 3.8) is 0 Å². The van der Waals surface area contributed by atoms with E-state index in [9.17, 15) is 14.0 Å². The summed E-state index contributed by atoms with van der Waals surface area (Å²) < 4.78 is 19.3. The largest absolute Gasteiger partial charge is 0.481 e. The predicted octanol–water partition coefficient (Wildman–Crippen LogP) is 5.24. The smallest absolute Gasteiger partial charge is 0.261 e. The molecule has 0 radical (unpaired) electrons. The monoisotopic (exact) mass is 468 g/mol. The zero-order valence-electron chi connectivity index (χ0n) is 17.7. The Balaban J connectivity index is 2.26. The summed E-state index contributed by atoms with van der Waals surface area (Å²) in [6.45, 7) is 3.96. The average molecular weight is 469 g/mol. The second-order valence-electron chi connectivity index (χ2n) is 7.01. The minimum atomic E-state index is -0.749. The van der Waals surface area contributed by atoms with Crippen LogP contribution < -0.4 is 10.1 Å². The Bertz CT molecular complexity index is 875. The molecule has 2 aromatic carbocycles. The summed E-state index contributed by atoms with van der Waals surface area (Å²) in [5, 5.41) is 3.65. The van der Waals surface area contributed by atoms with Crippen LogP contribution in [0.15, 0.2) is 42.5 Å². The molecule has 8 heteroatoms. The molecule has 31 heavy (non-hydrogen) atoms. The molecule has 0 saturated carbocycles. The van der Waals surface area contributed by atoms with Gasteiger partial charge in [0.1, 0.15) is 6.04 Å². The maximum Gasteiger partial charge on any atom is 0.261 e. The first-order chi connectivity index (χ1) is 14.9. The number of carbonyl (C=O) groups is 2. The van der Waals surface area contributed by atoms with E-state index in [1.54, 1.807) is 24.3 Å². The Labute approximate surface area is 192 Å². The Morgan fingerprint density at radius 2 is 1.77 bits per heavy atom. The number of nitrogens with one attached hydrogen (secondary N) is 1. The topological polar surface area (TPSA) is 58.6 Å². The highest BCUT2D eigenvalue weighted by Crippen LogP contribution is 2.27. The Kier molecular flexibility index (Phi) is 10.1. The van der Waals surface area contributed by atoms with Gasteiger partial charge in [-0.1, -0.05) is 61.7 Å². The zero-order chi connectivity index (χ0) is 22.8. The third-order valence-corrected chi connectivity index (χ3v) is 5.50. The summed E-state index contributed by atoms with van der Waals surface area (Å²) >= 11 is 12.6. The third kappa shape index (κ3) is 7.11. The zero-order valence-corrected chi connectivity index (χ0v) is 19.2. The highest BCUT2D eigenvalue weighted by atomic mass is 35.5. The van der Waals surface area contributed by atoms with Gasteiger partial charge in [-0.2, -0.15) is 0 Å². The molecule has 0 saturated heterocycles. The van der Waals surface area contributed by atoms with Crippen molar-refractivity contribution in [1.29, 1.82) is 0 Å². The molecule has 0 unspecified atom stereocenters. The minimum Gasteiger partial charge on any atom is -0.481 e. The van der Waals surface area contributed by atoms with Gasteiger partial charge in [0.15, 0.2) is 18.2 Å². The normalized spacial score (nSPS) is 11.6. The quantitative estimate of drug-likeness (QED) is 0.459. The lowest BCUT2D eigenvalue weighted by atomic mass is 10.1. The number of nitrogens with zero attached hydrogens (tertiary/aromatic N) is 1. The molecule has 2 aromatic rings. The van der Waals surface area contributed by atoms with E-state index < -0.39 is 24.4 Å². The van der Waals surface area contributed by atoms with E-state index >= 15 is 0 Å². The molecular formula is C23H27Cl2FN2O3. The van der Waals surface area contributed by atoms with Crippen molar-refractivity contribution in [2.45, 2.75) is 45.7 Å². The number of carbonyl (C=O) groups excluding carboxylic acids is 2. The SMILES string of the molecule is CCCCNC(=O)[C@@H](CC)N(Cc1c(Cl)cccc1Cl)C(=O)COc1ccccc1F. The summed E-state index contributed by atoms with van der Waals surface area (Å²) in [6, 6.07) is 10.1. The standard InChI is InChI=1S/C23H27Cl2FN2O3/c1-3-5-13-27-23(30)20(4-2)28(14-16-17(24)9-8-10-18(16)25)22(29)15-31-21-12-7-6-11-19(21)26/h6-12,20H,3-5,13-15H2,1-2H3,(H,27,30)/t20-/m1/s1. The molecule has 0 aliphatic carbocycles. The number of para-hydroxylation sites is 1. The molecule has 0 spiro atoms. The lowest BCUT2D eigenvalue weighted by molar-refractivity contribution is -0.143. The van der Waals surface area contributed by atoms with E-state index in [1.807, 2.05) is 13.8 Å².